The first-order valence-electron chi connectivity index (χ1n) is 6.93. The molecule has 1 atom stereocenters. The van der Waals surface area contributed by atoms with E-state index in [0.717, 1.165) is 31.4 Å². The predicted octanol–water partition coefficient (Wildman–Crippen LogP) is 2.27. The topological polar surface area (TPSA) is 64.3 Å². The quantitative estimate of drug-likeness (QED) is 0.818. The van der Waals surface area contributed by atoms with Crippen molar-refractivity contribution in [2.45, 2.75) is 38.7 Å². The molecule has 0 aromatic heterocycles. The van der Waals surface area contributed by atoms with Gasteiger partial charge in [0.2, 0.25) is 0 Å². The van der Waals surface area contributed by atoms with E-state index in [4.69, 9.17) is 10.5 Å². The summed E-state index contributed by atoms with van der Waals surface area (Å²) in [5.74, 6) is -0.0671. The molecule has 104 valence electrons. The molecule has 2 rings (SSSR count). The van der Waals surface area contributed by atoms with Gasteiger partial charge >= 0.3 is 0 Å². The minimum Gasteiger partial charge on any atom is -0.398 e. The Labute approximate surface area is 114 Å². The SMILES string of the molecule is Cc1ccc(C(=O)NCCC2CCCCO2)cc1N. The summed E-state index contributed by atoms with van der Waals surface area (Å²) in [5.41, 5.74) is 8.07. The van der Waals surface area contributed by atoms with Gasteiger partial charge in [-0.25, -0.2) is 0 Å². The number of amides is 1. The van der Waals surface area contributed by atoms with E-state index in [2.05, 4.69) is 5.32 Å². The molecule has 0 spiro atoms. The van der Waals surface area contributed by atoms with Gasteiger partial charge in [0.15, 0.2) is 0 Å². The Morgan fingerprint density at radius 2 is 2.32 bits per heavy atom. The second kappa shape index (κ2) is 6.57. The molecule has 3 N–H and O–H groups in total. The fraction of sp³-hybridized carbons (Fsp3) is 0.533. The summed E-state index contributed by atoms with van der Waals surface area (Å²) >= 11 is 0. The van der Waals surface area contributed by atoms with Crippen molar-refractivity contribution in [3.63, 3.8) is 0 Å². The van der Waals surface area contributed by atoms with Gasteiger partial charge in [0.1, 0.15) is 0 Å². The Kier molecular flexibility index (Phi) is 4.80. The zero-order chi connectivity index (χ0) is 13.7. The smallest absolute Gasteiger partial charge is 0.251 e. The number of carbonyl (C=O) groups is 1. The van der Waals surface area contributed by atoms with Crippen molar-refractivity contribution in [1.29, 1.82) is 0 Å². The third-order valence-corrected chi connectivity index (χ3v) is 3.57. The molecule has 1 fully saturated rings. The van der Waals surface area contributed by atoms with Gasteiger partial charge in [-0.1, -0.05) is 6.07 Å². The van der Waals surface area contributed by atoms with Crippen molar-refractivity contribution in [2.24, 2.45) is 0 Å². The fourth-order valence-corrected chi connectivity index (χ4v) is 2.27. The second-order valence-electron chi connectivity index (χ2n) is 5.10. The van der Waals surface area contributed by atoms with Crippen LogP contribution in [0.25, 0.3) is 0 Å². The van der Waals surface area contributed by atoms with E-state index in [1.807, 2.05) is 13.0 Å². The molecule has 1 amide bonds. The molecule has 0 saturated carbocycles. The van der Waals surface area contributed by atoms with Crippen LogP contribution in [0.15, 0.2) is 18.2 Å². The normalized spacial score (nSPS) is 19.1. The first-order valence-corrected chi connectivity index (χ1v) is 6.93. The molecule has 1 unspecified atom stereocenters. The van der Waals surface area contributed by atoms with Crippen molar-refractivity contribution in [2.75, 3.05) is 18.9 Å². The molecule has 1 aromatic rings. The number of hydrogen-bond acceptors (Lipinski definition) is 3. The Morgan fingerprint density at radius 3 is 3.00 bits per heavy atom. The van der Waals surface area contributed by atoms with Crippen LogP contribution in [0.1, 0.15) is 41.6 Å². The maximum Gasteiger partial charge on any atom is 0.251 e. The first-order chi connectivity index (χ1) is 9.16. The van der Waals surface area contributed by atoms with Crippen molar-refractivity contribution < 1.29 is 9.53 Å². The van der Waals surface area contributed by atoms with Gasteiger partial charge in [-0.15, -0.1) is 0 Å². The fourth-order valence-electron chi connectivity index (χ4n) is 2.27. The van der Waals surface area contributed by atoms with Gasteiger partial charge in [-0.05, 0) is 50.3 Å². The van der Waals surface area contributed by atoms with Gasteiger partial charge in [0, 0.05) is 24.4 Å². The number of nitrogens with two attached hydrogens (primary N) is 1. The molecule has 0 radical (unpaired) electrons. The first kappa shape index (κ1) is 13.9. The molecule has 0 bridgehead atoms. The van der Waals surface area contributed by atoms with Crippen LogP contribution in [0, 0.1) is 6.92 Å². The summed E-state index contributed by atoms with van der Waals surface area (Å²) < 4.78 is 5.63. The van der Waals surface area contributed by atoms with E-state index in [9.17, 15) is 4.79 Å². The van der Waals surface area contributed by atoms with E-state index in [1.54, 1.807) is 12.1 Å². The molecule has 4 nitrogen and oxygen atoms in total. The van der Waals surface area contributed by atoms with Crippen molar-refractivity contribution >= 4 is 11.6 Å². The highest BCUT2D eigenvalue weighted by atomic mass is 16.5. The Bertz CT molecular complexity index is 440. The number of nitrogens with one attached hydrogen (secondary N) is 1. The Morgan fingerprint density at radius 1 is 1.47 bits per heavy atom. The number of benzene rings is 1. The van der Waals surface area contributed by atoms with E-state index >= 15 is 0 Å². The van der Waals surface area contributed by atoms with Crippen molar-refractivity contribution in [3.8, 4) is 0 Å². The van der Waals surface area contributed by atoms with Crippen LogP contribution in [-0.4, -0.2) is 25.2 Å². The van der Waals surface area contributed by atoms with Crippen molar-refractivity contribution in [1.82, 2.24) is 5.32 Å². The molecule has 1 heterocycles. The summed E-state index contributed by atoms with van der Waals surface area (Å²) in [7, 11) is 0. The third-order valence-electron chi connectivity index (χ3n) is 3.57. The maximum absolute atomic E-state index is 11.9. The number of carbonyl (C=O) groups excluding carboxylic acids is 1. The Hall–Kier alpha value is -1.55. The molecule has 0 aliphatic carbocycles. The number of ether oxygens (including phenoxy) is 1. The van der Waals surface area contributed by atoms with E-state index in [1.165, 1.54) is 6.42 Å². The lowest BCUT2D eigenvalue weighted by Crippen LogP contribution is -2.29. The van der Waals surface area contributed by atoms with Crippen LogP contribution in [0.5, 0.6) is 0 Å². The zero-order valence-corrected chi connectivity index (χ0v) is 11.4. The molecular formula is C15H22N2O2. The molecule has 19 heavy (non-hydrogen) atoms. The molecule has 1 aliphatic heterocycles. The standard InChI is InChI=1S/C15H22N2O2/c1-11-5-6-12(10-14(11)16)15(18)17-8-7-13-4-2-3-9-19-13/h5-6,10,13H,2-4,7-9,16H2,1H3,(H,17,18). The second-order valence-corrected chi connectivity index (χ2v) is 5.10. The summed E-state index contributed by atoms with van der Waals surface area (Å²) in [6.07, 6.45) is 4.68. The number of anilines is 1. The number of aryl methyl sites for hydroxylation is 1. The van der Waals surface area contributed by atoms with E-state index < -0.39 is 0 Å². The predicted molar refractivity (Wildman–Crippen MR) is 76.1 cm³/mol. The summed E-state index contributed by atoms with van der Waals surface area (Å²) in [6.45, 7) is 3.43. The zero-order valence-electron chi connectivity index (χ0n) is 11.4. The van der Waals surface area contributed by atoms with Gasteiger partial charge in [0.05, 0.1) is 6.10 Å². The van der Waals surface area contributed by atoms with Gasteiger partial charge < -0.3 is 15.8 Å². The van der Waals surface area contributed by atoms with Crippen LogP contribution >= 0.6 is 0 Å². The molecule has 4 heteroatoms. The summed E-state index contributed by atoms with van der Waals surface area (Å²) in [4.78, 5) is 11.9. The highest BCUT2D eigenvalue weighted by Crippen LogP contribution is 2.15. The molecule has 1 aromatic carbocycles. The number of rotatable bonds is 4. The highest BCUT2D eigenvalue weighted by molar-refractivity contribution is 5.95. The third kappa shape index (κ3) is 3.96. The van der Waals surface area contributed by atoms with Crippen LogP contribution in [0.4, 0.5) is 5.69 Å². The summed E-state index contributed by atoms with van der Waals surface area (Å²) in [6, 6.07) is 5.40. The highest BCUT2D eigenvalue weighted by Gasteiger charge is 2.14. The lowest BCUT2D eigenvalue weighted by Gasteiger charge is -2.22. The summed E-state index contributed by atoms with van der Waals surface area (Å²) in [5, 5.41) is 2.92. The van der Waals surface area contributed by atoms with Gasteiger partial charge in [0.25, 0.3) is 5.91 Å². The van der Waals surface area contributed by atoms with Crippen LogP contribution in [0.2, 0.25) is 0 Å². The number of nitrogen functional groups attached to an aromatic ring is 1. The largest absolute Gasteiger partial charge is 0.398 e. The van der Waals surface area contributed by atoms with Crippen LogP contribution < -0.4 is 11.1 Å². The molecule has 1 saturated heterocycles. The van der Waals surface area contributed by atoms with Crippen LogP contribution in [-0.2, 0) is 4.74 Å². The minimum absolute atomic E-state index is 0.0671. The lowest BCUT2D eigenvalue weighted by atomic mass is 10.1. The number of hydrogen-bond donors (Lipinski definition) is 2. The van der Waals surface area contributed by atoms with Crippen LogP contribution in [0.3, 0.4) is 0 Å². The lowest BCUT2D eigenvalue weighted by molar-refractivity contribution is 0.0117. The van der Waals surface area contributed by atoms with Crippen molar-refractivity contribution in [3.05, 3.63) is 29.3 Å². The molecule has 1 aliphatic rings. The maximum atomic E-state index is 11.9. The monoisotopic (exact) mass is 262 g/mol. The van der Waals surface area contributed by atoms with E-state index in [0.29, 0.717) is 23.9 Å². The minimum atomic E-state index is -0.0671. The average molecular weight is 262 g/mol. The van der Waals surface area contributed by atoms with Gasteiger partial charge in [-0.2, -0.15) is 0 Å². The Balaban J connectivity index is 1.78. The van der Waals surface area contributed by atoms with Gasteiger partial charge in [-0.3, -0.25) is 4.79 Å². The molecular weight excluding hydrogens is 240 g/mol. The average Bonchev–Trinajstić information content (AvgIpc) is 2.43. The van der Waals surface area contributed by atoms with E-state index in [-0.39, 0.29) is 5.91 Å².